The molecule has 1 fully saturated rings. The lowest BCUT2D eigenvalue weighted by atomic mass is 9.87. The number of rotatable bonds is 8. The van der Waals surface area contributed by atoms with Gasteiger partial charge in [0.2, 0.25) is 0 Å². The Balaban J connectivity index is 0.00000185. The normalized spacial score (nSPS) is 15.9. The van der Waals surface area contributed by atoms with Crippen LogP contribution in [0.4, 0.5) is 0 Å². The Bertz CT molecular complexity index is 940. The van der Waals surface area contributed by atoms with Crippen LogP contribution in [0.15, 0.2) is 52.6 Å². The van der Waals surface area contributed by atoms with Crippen molar-refractivity contribution in [3.8, 4) is 0 Å². The van der Waals surface area contributed by atoms with Crippen molar-refractivity contribution in [2.45, 2.75) is 88.0 Å². The zero-order valence-electron chi connectivity index (χ0n) is 24.7. The van der Waals surface area contributed by atoms with Crippen LogP contribution < -0.4 is 0 Å². The van der Waals surface area contributed by atoms with E-state index in [-0.39, 0.29) is 5.78 Å². The lowest BCUT2D eigenvalue weighted by Gasteiger charge is -2.30. The first kappa shape index (κ1) is 33.4. The minimum Gasteiger partial charge on any atom is -0.308 e. The van der Waals surface area contributed by atoms with Crippen LogP contribution in [0, 0.1) is 18.3 Å². The molecule has 1 aliphatic rings. The number of carbonyl (C=O) groups is 1. The molecule has 0 aliphatic carbocycles. The maximum atomic E-state index is 11.8. The molecule has 36 heavy (non-hydrogen) atoms. The monoisotopic (exact) mass is 493 g/mol. The molecule has 0 amide bonds. The summed E-state index contributed by atoms with van der Waals surface area (Å²) in [5.74, 6) is 0.550. The number of aliphatic imine (C=N–C) groups is 1. The van der Waals surface area contributed by atoms with Crippen LogP contribution in [0.25, 0.3) is 5.70 Å². The summed E-state index contributed by atoms with van der Waals surface area (Å²) in [7, 11) is 2.18. The SMILES string of the molecule is CC.CCCC.C\C=C(/C=C(C)\C(C)=N\C(=C/C(C)=O)c1ccc(C)c(C=N)c1)C1CCN(C)CC1. The third-order valence-electron chi connectivity index (χ3n) is 6.34. The molecule has 0 bridgehead atoms. The number of likely N-dealkylation sites (tertiary alicyclic amines) is 1. The van der Waals surface area contributed by atoms with Gasteiger partial charge in [0.1, 0.15) is 0 Å². The summed E-state index contributed by atoms with van der Waals surface area (Å²) in [5, 5.41) is 7.62. The molecule has 1 aromatic rings. The molecule has 4 nitrogen and oxygen atoms in total. The van der Waals surface area contributed by atoms with Crippen molar-refractivity contribution < 1.29 is 4.79 Å². The number of allylic oxidation sites excluding steroid dienone is 5. The van der Waals surface area contributed by atoms with E-state index in [1.54, 1.807) is 6.08 Å². The van der Waals surface area contributed by atoms with Gasteiger partial charge in [0.25, 0.3) is 0 Å². The molecule has 1 heterocycles. The first-order valence-electron chi connectivity index (χ1n) is 13.6. The summed E-state index contributed by atoms with van der Waals surface area (Å²) >= 11 is 0. The van der Waals surface area contributed by atoms with Crippen LogP contribution in [0.2, 0.25) is 0 Å². The third kappa shape index (κ3) is 11.9. The second-order valence-electron chi connectivity index (χ2n) is 9.25. The molecule has 200 valence electrons. The van der Waals surface area contributed by atoms with Crippen molar-refractivity contribution in [1.29, 1.82) is 5.41 Å². The molecule has 0 saturated carbocycles. The number of unbranched alkanes of at least 4 members (excludes halogenated alkanes) is 1. The van der Waals surface area contributed by atoms with Gasteiger partial charge < -0.3 is 10.3 Å². The van der Waals surface area contributed by atoms with Crippen LogP contribution in [-0.4, -0.2) is 42.7 Å². The van der Waals surface area contributed by atoms with Gasteiger partial charge in [-0.25, -0.2) is 0 Å². The van der Waals surface area contributed by atoms with Crippen LogP contribution >= 0.6 is 0 Å². The number of nitrogens with zero attached hydrogens (tertiary/aromatic N) is 2. The van der Waals surface area contributed by atoms with E-state index in [1.807, 2.05) is 45.9 Å². The maximum absolute atomic E-state index is 11.8. The van der Waals surface area contributed by atoms with Crippen LogP contribution in [0.1, 0.15) is 97.8 Å². The molecule has 0 spiro atoms. The van der Waals surface area contributed by atoms with Crippen molar-refractivity contribution in [1.82, 2.24) is 4.90 Å². The predicted octanol–water partition coefficient (Wildman–Crippen LogP) is 8.45. The highest BCUT2D eigenvalue weighted by atomic mass is 16.1. The van der Waals surface area contributed by atoms with Crippen LogP contribution in [-0.2, 0) is 4.79 Å². The summed E-state index contributed by atoms with van der Waals surface area (Å²) < 4.78 is 0. The van der Waals surface area contributed by atoms with Gasteiger partial charge in [-0.1, -0.05) is 64.8 Å². The summed E-state index contributed by atoms with van der Waals surface area (Å²) in [6.07, 6.45) is 12.4. The zero-order chi connectivity index (χ0) is 27.7. The quantitative estimate of drug-likeness (QED) is 0.224. The summed E-state index contributed by atoms with van der Waals surface area (Å²) in [6, 6.07) is 5.85. The number of hydrogen-bond acceptors (Lipinski definition) is 4. The van der Waals surface area contributed by atoms with E-state index < -0.39 is 0 Å². The molecule has 1 aromatic carbocycles. The fourth-order valence-corrected chi connectivity index (χ4v) is 3.73. The predicted molar refractivity (Wildman–Crippen MR) is 160 cm³/mol. The fraction of sp³-hybridized carbons (Fsp3) is 0.531. The van der Waals surface area contributed by atoms with Gasteiger partial charge >= 0.3 is 0 Å². The van der Waals surface area contributed by atoms with Crippen molar-refractivity contribution >= 4 is 23.4 Å². The van der Waals surface area contributed by atoms with E-state index in [1.165, 1.54) is 44.4 Å². The zero-order valence-corrected chi connectivity index (χ0v) is 24.7. The number of benzene rings is 1. The van der Waals surface area contributed by atoms with Gasteiger partial charge in [0.15, 0.2) is 5.78 Å². The maximum Gasteiger partial charge on any atom is 0.154 e. The Kier molecular flexibility index (Phi) is 17.3. The molecular weight excluding hydrogens is 442 g/mol. The lowest BCUT2D eigenvalue weighted by molar-refractivity contribution is -0.112. The average molecular weight is 494 g/mol. The Morgan fingerprint density at radius 2 is 1.67 bits per heavy atom. The van der Waals surface area contributed by atoms with Gasteiger partial charge in [-0.05, 0) is 102 Å². The van der Waals surface area contributed by atoms with E-state index in [0.29, 0.717) is 11.6 Å². The van der Waals surface area contributed by atoms with E-state index in [4.69, 9.17) is 10.4 Å². The first-order valence-corrected chi connectivity index (χ1v) is 13.6. The van der Waals surface area contributed by atoms with Crippen molar-refractivity contribution in [2.75, 3.05) is 20.1 Å². The summed E-state index contributed by atoms with van der Waals surface area (Å²) in [5.41, 5.74) is 6.72. The minimum atomic E-state index is -0.0411. The Hall–Kier alpha value is -2.59. The Morgan fingerprint density at radius 3 is 2.14 bits per heavy atom. The minimum absolute atomic E-state index is 0.0411. The van der Waals surface area contributed by atoms with E-state index in [9.17, 15) is 4.79 Å². The number of carbonyl (C=O) groups excluding carboxylic acids is 1. The highest BCUT2D eigenvalue weighted by Crippen LogP contribution is 2.27. The number of nitrogens with one attached hydrogen (secondary N) is 1. The van der Waals surface area contributed by atoms with Gasteiger partial charge in [0.05, 0.1) is 5.70 Å². The standard InChI is InChI=1S/C26H35N3O.C4H10.C2H6/c1-7-22(23-10-12-29(6)13-11-23)14-19(3)21(5)28-26(15-20(4)30)24-9-8-18(2)25(16-24)17-27;1-3-4-2;1-2/h7-9,14-17,23,27H,10-13H2,1-6H3;3-4H2,1-2H3;1-2H3/b19-14-,22-7+,26-15-,27-17?,28-21+;;. The fourth-order valence-electron chi connectivity index (χ4n) is 3.73. The third-order valence-corrected chi connectivity index (χ3v) is 6.34. The van der Waals surface area contributed by atoms with Crippen molar-refractivity contribution in [3.05, 3.63) is 64.3 Å². The summed E-state index contributed by atoms with van der Waals surface area (Å²) in [6.45, 7) is 20.3. The average Bonchev–Trinajstić information content (AvgIpc) is 2.88. The molecule has 2 rings (SSSR count). The second-order valence-corrected chi connectivity index (χ2v) is 9.25. The van der Waals surface area contributed by atoms with E-state index in [0.717, 1.165) is 41.1 Å². The second kappa shape index (κ2) is 18.6. The smallest absolute Gasteiger partial charge is 0.154 e. The summed E-state index contributed by atoms with van der Waals surface area (Å²) in [4.78, 5) is 19.0. The van der Waals surface area contributed by atoms with Gasteiger partial charge in [-0.15, -0.1) is 0 Å². The molecule has 1 aliphatic heterocycles. The number of piperidine rings is 1. The number of hydrogen-bond donors (Lipinski definition) is 1. The molecule has 1 saturated heterocycles. The molecular formula is C32H51N3O. The van der Waals surface area contributed by atoms with Gasteiger partial charge in [-0.2, -0.15) is 0 Å². The number of ketones is 1. The molecule has 0 radical (unpaired) electrons. The Morgan fingerprint density at radius 1 is 1.08 bits per heavy atom. The van der Waals surface area contributed by atoms with E-state index >= 15 is 0 Å². The lowest BCUT2D eigenvalue weighted by Crippen LogP contribution is -2.30. The largest absolute Gasteiger partial charge is 0.308 e. The number of aryl methyl sites for hydroxylation is 1. The molecule has 0 unspecified atom stereocenters. The molecule has 0 atom stereocenters. The van der Waals surface area contributed by atoms with Crippen LogP contribution in [0.3, 0.4) is 0 Å². The molecule has 4 heteroatoms. The highest BCUT2D eigenvalue weighted by molar-refractivity contribution is 6.04. The molecule has 0 aromatic heterocycles. The molecule has 1 N–H and O–H groups in total. The van der Waals surface area contributed by atoms with Crippen LogP contribution in [0.5, 0.6) is 0 Å². The Labute approximate surface area is 221 Å². The van der Waals surface area contributed by atoms with Gasteiger partial charge in [0, 0.05) is 23.6 Å². The van der Waals surface area contributed by atoms with Crippen molar-refractivity contribution in [2.24, 2.45) is 10.9 Å². The topological polar surface area (TPSA) is 56.5 Å². The van der Waals surface area contributed by atoms with Crippen molar-refractivity contribution in [3.63, 3.8) is 0 Å². The highest BCUT2D eigenvalue weighted by Gasteiger charge is 2.19. The van der Waals surface area contributed by atoms with Gasteiger partial charge in [-0.3, -0.25) is 9.79 Å². The first-order chi connectivity index (χ1) is 17.2. The van der Waals surface area contributed by atoms with E-state index in [2.05, 4.69) is 51.8 Å².